The van der Waals surface area contributed by atoms with Gasteiger partial charge in [-0.25, -0.2) is 0 Å². The highest BCUT2D eigenvalue weighted by molar-refractivity contribution is 6.31. The summed E-state index contributed by atoms with van der Waals surface area (Å²) in [6.45, 7) is 0.468. The summed E-state index contributed by atoms with van der Waals surface area (Å²) in [5.41, 5.74) is 1.48. The predicted octanol–water partition coefficient (Wildman–Crippen LogP) is 4.44. The predicted molar refractivity (Wildman–Crippen MR) is 91.2 cm³/mol. The zero-order chi connectivity index (χ0) is 15.9. The second kappa shape index (κ2) is 7.92. The van der Waals surface area contributed by atoms with E-state index in [9.17, 15) is 4.79 Å². The number of hydrogen-bond acceptors (Lipinski definition) is 3. The van der Waals surface area contributed by atoms with E-state index in [0.717, 1.165) is 11.4 Å². The lowest BCUT2D eigenvalue weighted by molar-refractivity contribution is -0.115. The molecule has 0 heterocycles. The Morgan fingerprint density at radius 1 is 1.09 bits per heavy atom. The van der Waals surface area contributed by atoms with E-state index >= 15 is 0 Å². The van der Waals surface area contributed by atoms with Crippen molar-refractivity contribution in [3.63, 3.8) is 0 Å². The SMILES string of the molecule is COc1ccc(Cl)cc1NCCC(=O)Nc1ccc(Cl)cc1. The summed E-state index contributed by atoms with van der Waals surface area (Å²) in [6, 6.07) is 12.3. The second-order valence-corrected chi connectivity index (χ2v) is 5.45. The minimum atomic E-state index is -0.0872. The Morgan fingerprint density at radius 2 is 1.77 bits per heavy atom. The molecule has 6 heteroatoms. The number of rotatable bonds is 6. The Labute approximate surface area is 139 Å². The van der Waals surface area contributed by atoms with E-state index in [4.69, 9.17) is 27.9 Å². The molecule has 1 amide bonds. The quantitative estimate of drug-likeness (QED) is 0.818. The van der Waals surface area contributed by atoms with E-state index < -0.39 is 0 Å². The molecular weight excluding hydrogens is 323 g/mol. The summed E-state index contributed by atoms with van der Waals surface area (Å²) in [5.74, 6) is 0.596. The third kappa shape index (κ3) is 4.83. The van der Waals surface area contributed by atoms with Crippen LogP contribution in [-0.4, -0.2) is 19.6 Å². The molecule has 0 saturated heterocycles. The number of benzene rings is 2. The Morgan fingerprint density at radius 3 is 2.45 bits per heavy atom. The van der Waals surface area contributed by atoms with Gasteiger partial charge in [0.25, 0.3) is 0 Å². The van der Waals surface area contributed by atoms with Crippen LogP contribution in [0, 0.1) is 0 Å². The highest BCUT2D eigenvalue weighted by Gasteiger charge is 2.06. The van der Waals surface area contributed by atoms with Crippen molar-refractivity contribution in [2.45, 2.75) is 6.42 Å². The molecule has 0 spiro atoms. The highest BCUT2D eigenvalue weighted by Crippen LogP contribution is 2.27. The summed E-state index contributed by atoms with van der Waals surface area (Å²) in [5, 5.41) is 7.18. The third-order valence-electron chi connectivity index (χ3n) is 2.96. The molecule has 2 aromatic carbocycles. The average Bonchev–Trinajstić information content (AvgIpc) is 2.50. The Bertz CT molecular complexity index is 645. The fraction of sp³-hybridized carbons (Fsp3) is 0.188. The number of amides is 1. The van der Waals surface area contributed by atoms with Crippen molar-refractivity contribution in [1.82, 2.24) is 0 Å². The number of ether oxygens (including phenoxy) is 1. The fourth-order valence-electron chi connectivity index (χ4n) is 1.89. The summed E-state index contributed by atoms with van der Waals surface area (Å²) >= 11 is 11.7. The smallest absolute Gasteiger partial charge is 0.226 e. The molecule has 4 nitrogen and oxygen atoms in total. The number of halogens is 2. The van der Waals surface area contributed by atoms with Gasteiger partial charge in [-0.15, -0.1) is 0 Å². The Hall–Kier alpha value is -1.91. The molecule has 0 bridgehead atoms. The zero-order valence-corrected chi connectivity index (χ0v) is 13.5. The summed E-state index contributed by atoms with van der Waals surface area (Å²) in [6.07, 6.45) is 0.318. The van der Waals surface area contributed by atoms with Crippen molar-refractivity contribution in [2.75, 3.05) is 24.3 Å². The Balaban J connectivity index is 1.84. The third-order valence-corrected chi connectivity index (χ3v) is 3.44. The second-order valence-electron chi connectivity index (χ2n) is 4.58. The molecule has 0 radical (unpaired) electrons. The van der Waals surface area contributed by atoms with E-state index in [0.29, 0.717) is 28.8 Å². The van der Waals surface area contributed by atoms with Gasteiger partial charge in [-0.1, -0.05) is 23.2 Å². The molecule has 0 aromatic heterocycles. The molecule has 0 saturated carbocycles. The molecule has 0 aliphatic carbocycles. The standard InChI is InChI=1S/C16H16Cl2N2O2/c1-22-15-7-4-12(18)10-14(15)19-9-8-16(21)20-13-5-2-11(17)3-6-13/h2-7,10,19H,8-9H2,1H3,(H,20,21). The van der Waals surface area contributed by atoms with Crippen molar-refractivity contribution in [3.05, 3.63) is 52.5 Å². The lowest BCUT2D eigenvalue weighted by Crippen LogP contribution is -2.16. The molecule has 22 heavy (non-hydrogen) atoms. The molecule has 0 atom stereocenters. The van der Waals surface area contributed by atoms with E-state index in [1.54, 1.807) is 49.6 Å². The fourth-order valence-corrected chi connectivity index (χ4v) is 2.18. The van der Waals surface area contributed by atoms with Gasteiger partial charge in [0.15, 0.2) is 0 Å². The van der Waals surface area contributed by atoms with E-state index in [1.165, 1.54) is 0 Å². The number of carbonyl (C=O) groups is 1. The van der Waals surface area contributed by atoms with Crippen molar-refractivity contribution >= 4 is 40.5 Å². The maximum atomic E-state index is 11.9. The molecule has 0 fully saturated rings. The van der Waals surface area contributed by atoms with Crippen molar-refractivity contribution < 1.29 is 9.53 Å². The first-order chi connectivity index (χ1) is 10.6. The van der Waals surface area contributed by atoms with E-state index in [2.05, 4.69) is 10.6 Å². The van der Waals surface area contributed by atoms with E-state index in [-0.39, 0.29) is 5.91 Å². The first-order valence-corrected chi connectivity index (χ1v) is 7.47. The van der Waals surface area contributed by atoms with Crippen LogP contribution in [0.15, 0.2) is 42.5 Å². The van der Waals surface area contributed by atoms with Gasteiger partial charge in [-0.2, -0.15) is 0 Å². The summed E-state index contributed by atoms with van der Waals surface area (Å²) in [7, 11) is 1.58. The minimum absolute atomic E-state index is 0.0872. The van der Waals surface area contributed by atoms with Crippen molar-refractivity contribution in [2.24, 2.45) is 0 Å². The average molecular weight is 339 g/mol. The van der Waals surface area contributed by atoms with E-state index in [1.807, 2.05) is 0 Å². The number of methoxy groups -OCH3 is 1. The normalized spacial score (nSPS) is 10.1. The monoisotopic (exact) mass is 338 g/mol. The largest absolute Gasteiger partial charge is 0.495 e. The maximum absolute atomic E-state index is 11.9. The molecule has 2 aromatic rings. The van der Waals surface area contributed by atoms with Gasteiger partial charge in [-0.3, -0.25) is 4.79 Å². The lowest BCUT2D eigenvalue weighted by atomic mass is 10.2. The maximum Gasteiger partial charge on any atom is 0.226 e. The van der Waals surface area contributed by atoms with Crippen LogP contribution in [0.3, 0.4) is 0 Å². The van der Waals surface area contributed by atoms with Gasteiger partial charge >= 0.3 is 0 Å². The first-order valence-electron chi connectivity index (χ1n) is 6.71. The van der Waals surface area contributed by atoms with Gasteiger partial charge in [0.2, 0.25) is 5.91 Å². The topological polar surface area (TPSA) is 50.4 Å². The zero-order valence-electron chi connectivity index (χ0n) is 12.0. The van der Waals surface area contributed by atoms with Gasteiger partial charge in [0, 0.05) is 28.7 Å². The molecule has 0 aliphatic rings. The van der Waals surface area contributed by atoms with Crippen molar-refractivity contribution in [3.8, 4) is 5.75 Å². The Kier molecular flexibility index (Phi) is 5.92. The summed E-state index contributed by atoms with van der Waals surface area (Å²) < 4.78 is 5.23. The van der Waals surface area contributed by atoms with Gasteiger partial charge in [-0.05, 0) is 42.5 Å². The van der Waals surface area contributed by atoms with Gasteiger partial charge in [0.05, 0.1) is 12.8 Å². The number of hydrogen-bond donors (Lipinski definition) is 2. The van der Waals surface area contributed by atoms with Crippen LogP contribution in [0.25, 0.3) is 0 Å². The first kappa shape index (κ1) is 16.5. The van der Waals surface area contributed by atoms with Crippen LogP contribution in [-0.2, 0) is 4.79 Å². The molecule has 2 N–H and O–H groups in total. The number of carbonyl (C=O) groups excluding carboxylic acids is 1. The highest BCUT2D eigenvalue weighted by atomic mass is 35.5. The van der Waals surface area contributed by atoms with Crippen LogP contribution in [0.2, 0.25) is 10.0 Å². The van der Waals surface area contributed by atoms with Crippen LogP contribution >= 0.6 is 23.2 Å². The number of nitrogens with one attached hydrogen (secondary N) is 2. The molecule has 2 rings (SSSR count). The van der Waals surface area contributed by atoms with Crippen LogP contribution < -0.4 is 15.4 Å². The van der Waals surface area contributed by atoms with Crippen LogP contribution in [0.4, 0.5) is 11.4 Å². The molecule has 116 valence electrons. The van der Waals surface area contributed by atoms with Crippen LogP contribution in [0.5, 0.6) is 5.75 Å². The van der Waals surface area contributed by atoms with Crippen LogP contribution in [0.1, 0.15) is 6.42 Å². The molecule has 0 aliphatic heterocycles. The summed E-state index contributed by atoms with van der Waals surface area (Å²) in [4.78, 5) is 11.9. The molecule has 0 unspecified atom stereocenters. The number of anilines is 2. The van der Waals surface area contributed by atoms with Gasteiger partial charge < -0.3 is 15.4 Å². The molecular formula is C16H16Cl2N2O2. The lowest BCUT2D eigenvalue weighted by Gasteiger charge is -2.11. The van der Waals surface area contributed by atoms with Crippen molar-refractivity contribution in [1.29, 1.82) is 0 Å². The minimum Gasteiger partial charge on any atom is -0.495 e. The van der Waals surface area contributed by atoms with Gasteiger partial charge in [0.1, 0.15) is 5.75 Å².